The molecule has 0 spiro atoms. The van der Waals surface area contributed by atoms with Crippen molar-refractivity contribution in [2.75, 3.05) is 6.61 Å². The topological polar surface area (TPSA) is 60.8 Å². The summed E-state index contributed by atoms with van der Waals surface area (Å²) in [5.41, 5.74) is -0.350. The van der Waals surface area contributed by atoms with E-state index in [0.29, 0.717) is 5.92 Å². The molecule has 2 N–H and O–H groups in total. The molecule has 0 unspecified atom stereocenters. The molecule has 1 aliphatic carbocycles. The summed E-state index contributed by atoms with van der Waals surface area (Å²) in [6.45, 7) is 5.86. The molecule has 0 aliphatic heterocycles. The number of hydrogen-bond donors (Lipinski definition) is 2. The SMILES string of the molecule is CC(C)(C)N(C(=O)O)[C@H]1C[C@H](CO)C1. The highest BCUT2D eigenvalue weighted by Gasteiger charge is 2.40. The molecular weight excluding hydrogens is 182 g/mol. The van der Waals surface area contributed by atoms with Crippen LogP contribution in [-0.4, -0.2) is 39.4 Å². The van der Waals surface area contributed by atoms with E-state index in [0.717, 1.165) is 12.8 Å². The third-order valence-electron chi connectivity index (χ3n) is 2.76. The van der Waals surface area contributed by atoms with Crippen LogP contribution in [0.2, 0.25) is 0 Å². The van der Waals surface area contributed by atoms with Gasteiger partial charge in [0.15, 0.2) is 0 Å². The van der Waals surface area contributed by atoms with Crippen LogP contribution in [0.5, 0.6) is 0 Å². The molecule has 1 saturated carbocycles. The number of aliphatic hydroxyl groups is 1. The maximum absolute atomic E-state index is 11.0. The van der Waals surface area contributed by atoms with Crippen LogP contribution in [0.15, 0.2) is 0 Å². The number of carbonyl (C=O) groups is 1. The third kappa shape index (κ3) is 2.18. The average molecular weight is 201 g/mol. The Balaban J connectivity index is 2.59. The largest absolute Gasteiger partial charge is 0.465 e. The second kappa shape index (κ2) is 3.77. The fourth-order valence-electron chi connectivity index (χ4n) is 2.05. The molecule has 0 aromatic heterocycles. The van der Waals surface area contributed by atoms with Crippen molar-refractivity contribution in [2.45, 2.75) is 45.2 Å². The zero-order valence-corrected chi connectivity index (χ0v) is 9.03. The highest BCUT2D eigenvalue weighted by Crippen LogP contribution is 2.35. The molecular formula is C10H19NO3. The fraction of sp³-hybridized carbons (Fsp3) is 0.900. The van der Waals surface area contributed by atoms with Crippen molar-refractivity contribution in [1.29, 1.82) is 0 Å². The van der Waals surface area contributed by atoms with Crippen LogP contribution in [-0.2, 0) is 0 Å². The normalized spacial score (nSPS) is 26.9. The molecule has 0 atom stereocenters. The Hall–Kier alpha value is -0.770. The summed E-state index contributed by atoms with van der Waals surface area (Å²) in [5, 5.41) is 17.9. The van der Waals surface area contributed by atoms with Crippen molar-refractivity contribution in [2.24, 2.45) is 5.92 Å². The summed E-state index contributed by atoms with van der Waals surface area (Å²) >= 11 is 0. The maximum atomic E-state index is 11.0. The highest BCUT2D eigenvalue weighted by atomic mass is 16.4. The molecule has 1 rings (SSSR count). The molecule has 0 radical (unpaired) electrons. The number of carboxylic acid groups (broad SMARTS) is 1. The summed E-state index contributed by atoms with van der Waals surface area (Å²) in [5.74, 6) is 0.296. The van der Waals surface area contributed by atoms with Crippen molar-refractivity contribution >= 4 is 6.09 Å². The first kappa shape index (κ1) is 11.3. The second-order valence-electron chi connectivity index (χ2n) is 5.00. The van der Waals surface area contributed by atoms with Crippen LogP contribution in [0.4, 0.5) is 4.79 Å². The van der Waals surface area contributed by atoms with Gasteiger partial charge in [0.1, 0.15) is 0 Å². The molecule has 1 amide bonds. The third-order valence-corrected chi connectivity index (χ3v) is 2.76. The van der Waals surface area contributed by atoms with Gasteiger partial charge in [-0.3, -0.25) is 0 Å². The van der Waals surface area contributed by atoms with Gasteiger partial charge in [0.2, 0.25) is 0 Å². The van der Waals surface area contributed by atoms with Gasteiger partial charge in [-0.15, -0.1) is 0 Å². The zero-order chi connectivity index (χ0) is 10.9. The molecule has 0 heterocycles. The highest BCUT2D eigenvalue weighted by molar-refractivity contribution is 5.66. The summed E-state index contributed by atoms with van der Waals surface area (Å²) < 4.78 is 0. The minimum Gasteiger partial charge on any atom is -0.465 e. The van der Waals surface area contributed by atoms with Crippen molar-refractivity contribution in [3.8, 4) is 0 Å². The molecule has 0 aromatic carbocycles. The minimum absolute atomic E-state index is 0.0876. The van der Waals surface area contributed by atoms with Gasteiger partial charge in [0.25, 0.3) is 0 Å². The van der Waals surface area contributed by atoms with E-state index < -0.39 is 6.09 Å². The maximum Gasteiger partial charge on any atom is 0.407 e. The summed E-state index contributed by atoms with van der Waals surface area (Å²) in [6.07, 6.45) is 0.721. The van der Waals surface area contributed by atoms with Crippen molar-refractivity contribution in [3.05, 3.63) is 0 Å². The Bertz CT molecular complexity index is 216. The van der Waals surface area contributed by atoms with Crippen LogP contribution in [0, 0.1) is 5.92 Å². The van der Waals surface area contributed by atoms with E-state index in [4.69, 9.17) is 10.2 Å². The predicted octanol–water partition coefficient (Wildman–Crippen LogP) is 1.54. The Morgan fingerprint density at radius 2 is 1.93 bits per heavy atom. The first-order chi connectivity index (χ1) is 6.36. The van der Waals surface area contributed by atoms with Gasteiger partial charge < -0.3 is 15.1 Å². The zero-order valence-electron chi connectivity index (χ0n) is 9.03. The van der Waals surface area contributed by atoms with E-state index in [1.54, 1.807) is 0 Å². The van der Waals surface area contributed by atoms with E-state index in [9.17, 15) is 4.79 Å². The number of nitrogens with zero attached hydrogens (tertiary/aromatic N) is 1. The molecule has 82 valence electrons. The van der Waals surface area contributed by atoms with Crippen LogP contribution in [0.1, 0.15) is 33.6 Å². The van der Waals surface area contributed by atoms with Crippen LogP contribution in [0.25, 0.3) is 0 Å². The molecule has 1 aliphatic rings. The smallest absolute Gasteiger partial charge is 0.407 e. The van der Waals surface area contributed by atoms with Gasteiger partial charge in [0, 0.05) is 18.2 Å². The number of hydrogen-bond acceptors (Lipinski definition) is 2. The van der Waals surface area contributed by atoms with Crippen molar-refractivity contribution in [3.63, 3.8) is 0 Å². The minimum atomic E-state index is -0.862. The Kier molecular flexibility index (Phi) is 3.04. The molecule has 0 saturated heterocycles. The van der Waals surface area contributed by atoms with Gasteiger partial charge in [-0.1, -0.05) is 0 Å². The lowest BCUT2D eigenvalue weighted by molar-refractivity contribution is 0.00346. The van der Waals surface area contributed by atoms with E-state index in [2.05, 4.69) is 0 Å². The van der Waals surface area contributed by atoms with E-state index >= 15 is 0 Å². The second-order valence-corrected chi connectivity index (χ2v) is 5.00. The number of rotatable bonds is 2. The summed E-state index contributed by atoms with van der Waals surface area (Å²) in [6, 6.07) is 0.0876. The number of aliphatic hydroxyl groups excluding tert-OH is 1. The monoisotopic (exact) mass is 201 g/mol. The number of amides is 1. The van der Waals surface area contributed by atoms with E-state index in [-0.39, 0.29) is 18.2 Å². The van der Waals surface area contributed by atoms with Crippen molar-refractivity contribution < 1.29 is 15.0 Å². The van der Waals surface area contributed by atoms with Crippen LogP contribution in [0.3, 0.4) is 0 Å². The van der Waals surface area contributed by atoms with Crippen LogP contribution >= 0.6 is 0 Å². The Morgan fingerprint density at radius 1 is 1.43 bits per heavy atom. The summed E-state index contributed by atoms with van der Waals surface area (Å²) in [7, 11) is 0. The van der Waals surface area contributed by atoms with Gasteiger partial charge in [-0.05, 0) is 39.5 Å². The average Bonchev–Trinajstić information content (AvgIpc) is 1.91. The molecule has 0 bridgehead atoms. The van der Waals surface area contributed by atoms with Gasteiger partial charge in [0.05, 0.1) is 0 Å². The lowest BCUT2D eigenvalue weighted by Gasteiger charge is -2.47. The Morgan fingerprint density at radius 3 is 2.21 bits per heavy atom. The summed E-state index contributed by atoms with van der Waals surface area (Å²) in [4.78, 5) is 12.5. The molecule has 4 nitrogen and oxygen atoms in total. The quantitative estimate of drug-likeness (QED) is 0.712. The van der Waals surface area contributed by atoms with Crippen molar-refractivity contribution in [1.82, 2.24) is 4.90 Å². The van der Waals surface area contributed by atoms with Gasteiger partial charge in [-0.25, -0.2) is 4.79 Å². The van der Waals surface area contributed by atoms with Crippen LogP contribution < -0.4 is 0 Å². The molecule has 14 heavy (non-hydrogen) atoms. The molecule has 1 fully saturated rings. The molecule has 0 aromatic rings. The lowest BCUT2D eigenvalue weighted by Crippen LogP contribution is -2.56. The predicted molar refractivity (Wildman–Crippen MR) is 53.2 cm³/mol. The van der Waals surface area contributed by atoms with Gasteiger partial charge in [-0.2, -0.15) is 0 Å². The standard InChI is InChI=1S/C10H19NO3/c1-10(2,3)11(9(13)14)8-4-7(5-8)6-12/h7-8,12H,4-6H2,1-3H3,(H,13,14)/t7-,8-. The molecule has 4 heteroatoms. The van der Waals surface area contributed by atoms with E-state index in [1.165, 1.54) is 4.90 Å². The first-order valence-electron chi connectivity index (χ1n) is 4.99. The first-order valence-corrected chi connectivity index (χ1v) is 4.99. The fourth-order valence-corrected chi connectivity index (χ4v) is 2.05. The lowest BCUT2D eigenvalue weighted by atomic mass is 9.78. The van der Waals surface area contributed by atoms with Gasteiger partial charge >= 0.3 is 6.09 Å². The van der Waals surface area contributed by atoms with E-state index in [1.807, 2.05) is 20.8 Å². The Labute approximate surface area is 84.5 Å².